The highest BCUT2D eigenvalue weighted by molar-refractivity contribution is 9.10. The molecule has 1 aromatic carbocycles. The second-order valence-corrected chi connectivity index (χ2v) is 4.62. The van der Waals surface area contributed by atoms with Gasteiger partial charge in [-0.2, -0.15) is 5.26 Å². The van der Waals surface area contributed by atoms with E-state index in [9.17, 15) is 4.79 Å². The average molecular weight is 326 g/mol. The molecular weight excluding hydrogens is 310 g/mol. The predicted molar refractivity (Wildman–Crippen MR) is 75.6 cm³/mol. The molecule has 1 amide bonds. The number of benzene rings is 1. The number of hydrogen-bond donors (Lipinski definition) is 2. The van der Waals surface area contributed by atoms with Crippen molar-refractivity contribution in [1.82, 2.24) is 10.6 Å². The smallest absolute Gasteiger partial charge is 0.258 e. The van der Waals surface area contributed by atoms with E-state index in [1.807, 2.05) is 31.2 Å². The predicted octanol–water partition coefficient (Wildman–Crippen LogP) is 1.58. The van der Waals surface area contributed by atoms with Gasteiger partial charge in [-0.15, -0.1) is 0 Å². The third kappa shape index (κ3) is 5.73. The van der Waals surface area contributed by atoms with Crippen LogP contribution in [0.4, 0.5) is 0 Å². The summed E-state index contributed by atoms with van der Waals surface area (Å²) in [5.74, 6) is 0.289. The van der Waals surface area contributed by atoms with Crippen molar-refractivity contribution in [2.24, 2.45) is 0 Å². The summed E-state index contributed by atoms with van der Waals surface area (Å²) >= 11 is 3.40. The first-order valence-electron chi connectivity index (χ1n) is 5.93. The summed E-state index contributed by atoms with van der Waals surface area (Å²) < 4.78 is 6.17. The Bertz CT molecular complexity index is 471. The van der Waals surface area contributed by atoms with Crippen molar-refractivity contribution in [3.8, 4) is 11.8 Å². The summed E-state index contributed by atoms with van der Waals surface area (Å²) in [6.07, 6.45) is 0. The quantitative estimate of drug-likeness (QED) is 0.746. The van der Waals surface area contributed by atoms with Crippen LogP contribution < -0.4 is 15.4 Å². The average Bonchev–Trinajstić information content (AvgIpc) is 2.41. The summed E-state index contributed by atoms with van der Waals surface area (Å²) in [6.45, 7) is 3.64. The van der Waals surface area contributed by atoms with Gasteiger partial charge in [0.2, 0.25) is 0 Å². The van der Waals surface area contributed by atoms with Crippen LogP contribution in [0.1, 0.15) is 12.5 Å². The second-order valence-electron chi connectivity index (χ2n) is 3.77. The maximum atomic E-state index is 11.3. The van der Waals surface area contributed by atoms with Crippen molar-refractivity contribution in [2.45, 2.75) is 13.5 Å². The van der Waals surface area contributed by atoms with Gasteiger partial charge < -0.3 is 15.4 Å². The minimum Gasteiger partial charge on any atom is -0.483 e. The number of nitrogens with one attached hydrogen (secondary N) is 2. The first-order valence-corrected chi connectivity index (χ1v) is 6.72. The van der Waals surface area contributed by atoms with E-state index in [2.05, 4.69) is 26.6 Å². The molecule has 0 radical (unpaired) electrons. The van der Waals surface area contributed by atoms with E-state index in [0.29, 0.717) is 5.75 Å². The second kappa shape index (κ2) is 8.51. The lowest BCUT2D eigenvalue weighted by molar-refractivity contribution is -0.122. The Morgan fingerprint density at radius 3 is 2.95 bits per heavy atom. The summed E-state index contributed by atoms with van der Waals surface area (Å²) in [6, 6.07) is 7.54. The molecule has 1 aromatic rings. The Hall–Kier alpha value is -1.58. The topological polar surface area (TPSA) is 74.2 Å². The highest BCUT2D eigenvalue weighted by Gasteiger charge is 2.06. The molecule has 6 heteroatoms. The number of nitrogens with zero attached hydrogens (tertiary/aromatic N) is 1. The van der Waals surface area contributed by atoms with Gasteiger partial charge in [0.25, 0.3) is 5.91 Å². The molecule has 0 saturated carbocycles. The van der Waals surface area contributed by atoms with Gasteiger partial charge in [0, 0.05) is 6.54 Å². The maximum absolute atomic E-state index is 11.3. The number of carbonyl (C=O) groups excluding carboxylic acids is 1. The van der Waals surface area contributed by atoms with E-state index in [0.717, 1.165) is 23.1 Å². The van der Waals surface area contributed by atoms with Crippen molar-refractivity contribution in [3.63, 3.8) is 0 Å². The van der Waals surface area contributed by atoms with Crippen LogP contribution in [0.15, 0.2) is 22.7 Å². The molecule has 0 spiro atoms. The lowest BCUT2D eigenvalue weighted by Gasteiger charge is -2.09. The van der Waals surface area contributed by atoms with Crippen LogP contribution in [0.5, 0.6) is 5.75 Å². The summed E-state index contributed by atoms with van der Waals surface area (Å²) in [5, 5.41) is 14.0. The molecule has 0 unspecified atom stereocenters. The molecule has 0 aliphatic carbocycles. The molecule has 0 bridgehead atoms. The fourth-order valence-electron chi connectivity index (χ4n) is 1.37. The standard InChI is InChI=1S/C13H16BrN3O2/c1-2-16-8-10-3-4-12(11(14)7-10)19-9-13(18)17-6-5-15/h3-4,7,16H,2,6,8-9H2,1H3,(H,17,18). The van der Waals surface area contributed by atoms with Crippen LogP contribution in [-0.2, 0) is 11.3 Å². The lowest BCUT2D eigenvalue weighted by atomic mass is 10.2. The number of halogens is 1. The van der Waals surface area contributed by atoms with Crippen LogP contribution >= 0.6 is 15.9 Å². The van der Waals surface area contributed by atoms with Gasteiger partial charge in [0.05, 0.1) is 10.5 Å². The zero-order valence-corrected chi connectivity index (χ0v) is 12.3. The summed E-state index contributed by atoms with van der Waals surface area (Å²) in [7, 11) is 0. The van der Waals surface area contributed by atoms with E-state index in [-0.39, 0.29) is 19.1 Å². The van der Waals surface area contributed by atoms with Crippen LogP contribution in [0, 0.1) is 11.3 Å². The Balaban J connectivity index is 2.50. The molecule has 0 aliphatic rings. The van der Waals surface area contributed by atoms with E-state index in [1.165, 1.54) is 0 Å². The van der Waals surface area contributed by atoms with Crippen molar-refractivity contribution in [2.75, 3.05) is 19.7 Å². The Morgan fingerprint density at radius 1 is 1.53 bits per heavy atom. The molecular formula is C13H16BrN3O2. The summed E-state index contributed by atoms with van der Waals surface area (Å²) in [5.41, 5.74) is 1.13. The van der Waals surface area contributed by atoms with Gasteiger partial charge in [0.15, 0.2) is 6.61 Å². The Morgan fingerprint density at radius 2 is 2.32 bits per heavy atom. The van der Waals surface area contributed by atoms with Gasteiger partial charge in [-0.05, 0) is 40.2 Å². The van der Waals surface area contributed by atoms with E-state index < -0.39 is 0 Å². The largest absolute Gasteiger partial charge is 0.483 e. The number of rotatable bonds is 7. The minimum absolute atomic E-state index is 0.00894. The molecule has 0 aromatic heterocycles. The van der Waals surface area contributed by atoms with Crippen molar-refractivity contribution in [3.05, 3.63) is 28.2 Å². The van der Waals surface area contributed by atoms with Gasteiger partial charge in [-0.25, -0.2) is 0 Å². The fraction of sp³-hybridized carbons (Fsp3) is 0.385. The molecule has 0 saturated heterocycles. The third-order valence-corrected chi connectivity index (χ3v) is 2.92. The van der Waals surface area contributed by atoms with E-state index >= 15 is 0 Å². The molecule has 102 valence electrons. The first-order chi connectivity index (χ1) is 9.17. The SMILES string of the molecule is CCNCc1ccc(OCC(=O)NCC#N)c(Br)c1. The molecule has 0 atom stereocenters. The monoisotopic (exact) mass is 325 g/mol. The van der Waals surface area contributed by atoms with Crippen LogP contribution in [0.3, 0.4) is 0 Å². The highest BCUT2D eigenvalue weighted by Crippen LogP contribution is 2.25. The van der Waals surface area contributed by atoms with Crippen molar-refractivity contribution >= 4 is 21.8 Å². The molecule has 19 heavy (non-hydrogen) atoms. The summed E-state index contributed by atoms with van der Waals surface area (Å²) in [4.78, 5) is 11.3. The van der Waals surface area contributed by atoms with Crippen LogP contribution in [-0.4, -0.2) is 25.6 Å². The maximum Gasteiger partial charge on any atom is 0.258 e. The Kier molecular flexibility index (Phi) is 6.93. The third-order valence-electron chi connectivity index (χ3n) is 2.30. The molecule has 5 nitrogen and oxygen atoms in total. The first kappa shape index (κ1) is 15.5. The van der Waals surface area contributed by atoms with Crippen LogP contribution in [0.2, 0.25) is 0 Å². The number of hydrogen-bond acceptors (Lipinski definition) is 4. The molecule has 0 heterocycles. The lowest BCUT2D eigenvalue weighted by Crippen LogP contribution is -2.29. The van der Waals surface area contributed by atoms with Gasteiger partial charge >= 0.3 is 0 Å². The van der Waals surface area contributed by atoms with Gasteiger partial charge in [-0.1, -0.05) is 13.0 Å². The molecule has 1 rings (SSSR count). The zero-order valence-electron chi connectivity index (χ0n) is 10.7. The van der Waals surface area contributed by atoms with Gasteiger partial charge in [0.1, 0.15) is 12.3 Å². The number of amides is 1. The van der Waals surface area contributed by atoms with E-state index in [1.54, 1.807) is 0 Å². The number of ether oxygens (including phenoxy) is 1. The van der Waals surface area contributed by atoms with Crippen molar-refractivity contribution < 1.29 is 9.53 Å². The highest BCUT2D eigenvalue weighted by atomic mass is 79.9. The Labute approximate surface area is 121 Å². The minimum atomic E-state index is -0.315. The molecule has 0 aliphatic heterocycles. The van der Waals surface area contributed by atoms with E-state index in [4.69, 9.17) is 10.00 Å². The van der Waals surface area contributed by atoms with Crippen molar-refractivity contribution in [1.29, 1.82) is 5.26 Å². The zero-order chi connectivity index (χ0) is 14.1. The number of nitriles is 1. The van der Waals surface area contributed by atoms with Gasteiger partial charge in [-0.3, -0.25) is 4.79 Å². The molecule has 2 N–H and O–H groups in total. The number of carbonyl (C=O) groups is 1. The van der Waals surface area contributed by atoms with Crippen LogP contribution in [0.25, 0.3) is 0 Å². The molecule has 0 fully saturated rings. The normalized spacial score (nSPS) is 9.74. The fourth-order valence-corrected chi connectivity index (χ4v) is 1.91.